The van der Waals surface area contributed by atoms with Gasteiger partial charge in [0, 0.05) is 28.7 Å². The Kier molecular flexibility index (Phi) is 4.18. The molecule has 1 aromatic heterocycles. The summed E-state index contributed by atoms with van der Waals surface area (Å²) in [6.45, 7) is 2.17. The Labute approximate surface area is 173 Å². The normalized spacial score (nSPS) is 17.4. The van der Waals surface area contributed by atoms with Gasteiger partial charge in [-0.25, -0.2) is 13.4 Å². The first-order chi connectivity index (χ1) is 13.9. The van der Waals surface area contributed by atoms with E-state index in [1.807, 2.05) is 48.7 Å². The lowest BCUT2D eigenvalue weighted by Gasteiger charge is -2.21. The minimum Gasteiger partial charge on any atom is -0.454 e. The molecule has 0 bridgehead atoms. The molecule has 0 saturated carbocycles. The van der Waals surface area contributed by atoms with Gasteiger partial charge < -0.3 is 14.8 Å². The summed E-state index contributed by atoms with van der Waals surface area (Å²) in [7, 11) is -3.29. The maximum Gasteiger partial charge on any atom is 0.232 e. The average Bonchev–Trinajstić information content (AvgIpc) is 3.37. The van der Waals surface area contributed by atoms with Crippen LogP contribution in [0.4, 0.5) is 16.5 Å². The average molecular weight is 430 g/mol. The number of ether oxygens (including phenoxy) is 2. The monoisotopic (exact) mass is 429 g/mol. The van der Waals surface area contributed by atoms with Crippen LogP contribution in [-0.2, 0) is 16.4 Å². The van der Waals surface area contributed by atoms with E-state index in [0.717, 1.165) is 44.8 Å². The zero-order chi connectivity index (χ0) is 20.2. The SMILES string of the molecule is CC1Cc2cc(-c3csc(Nc4ccc5c(c4)OCO5)n3)ccc2N1S(C)(=O)=O. The summed E-state index contributed by atoms with van der Waals surface area (Å²) in [5.41, 5.74) is 4.49. The molecule has 0 spiro atoms. The van der Waals surface area contributed by atoms with Gasteiger partial charge >= 0.3 is 0 Å². The first-order valence-electron chi connectivity index (χ1n) is 9.13. The number of fused-ring (bicyclic) bond motifs is 2. The number of nitrogens with one attached hydrogen (secondary N) is 1. The van der Waals surface area contributed by atoms with Crippen LogP contribution in [0.2, 0.25) is 0 Å². The van der Waals surface area contributed by atoms with Gasteiger partial charge in [0.2, 0.25) is 16.8 Å². The molecule has 1 atom stereocenters. The van der Waals surface area contributed by atoms with Gasteiger partial charge in [0.25, 0.3) is 0 Å². The summed E-state index contributed by atoms with van der Waals surface area (Å²) in [4.78, 5) is 4.69. The van der Waals surface area contributed by atoms with Crippen molar-refractivity contribution in [2.24, 2.45) is 0 Å². The third-order valence-corrected chi connectivity index (χ3v) is 7.04. The number of nitrogens with zero attached hydrogens (tertiary/aromatic N) is 2. The number of anilines is 3. The molecule has 2 aliphatic heterocycles. The van der Waals surface area contributed by atoms with Crippen molar-refractivity contribution in [2.75, 3.05) is 22.7 Å². The van der Waals surface area contributed by atoms with Crippen LogP contribution < -0.4 is 19.1 Å². The fourth-order valence-electron chi connectivity index (χ4n) is 3.83. The fraction of sp³-hybridized carbons (Fsp3) is 0.250. The van der Waals surface area contributed by atoms with Gasteiger partial charge in [0.15, 0.2) is 16.6 Å². The summed E-state index contributed by atoms with van der Waals surface area (Å²) >= 11 is 1.51. The van der Waals surface area contributed by atoms with E-state index in [0.29, 0.717) is 6.42 Å². The summed E-state index contributed by atoms with van der Waals surface area (Å²) in [6, 6.07) is 11.4. The number of thiazole rings is 1. The van der Waals surface area contributed by atoms with Crippen LogP contribution in [0.25, 0.3) is 11.3 Å². The van der Waals surface area contributed by atoms with Crippen LogP contribution in [0.3, 0.4) is 0 Å². The van der Waals surface area contributed by atoms with Crippen molar-refractivity contribution in [3.05, 3.63) is 47.3 Å². The molecule has 29 heavy (non-hydrogen) atoms. The lowest BCUT2D eigenvalue weighted by Crippen LogP contribution is -2.34. The van der Waals surface area contributed by atoms with E-state index in [-0.39, 0.29) is 12.8 Å². The first kappa shape index (κ1) is 18.3. The lowest BCUT2D eigenvalue weighted by atomic mass is 10.1. The van der Waals surface area contributed by atoms with Crippen LogP contribution in [0.15, 0.2) is 41.8 Å². The molecule has 2 aliphatic rings. The second-order valence-electron chi connectivity index (χ2n) is 7.19. The summed E-state index contributed by atoms with van der Waals surface area (Å²) in [5.74, 6) is 1.46. The van der Waals surface area contributed by atoms with E-state index in [1.54, 1.807) is 0 Å². The summed E-state index contributed by atoms with van der Waals surface area (Å²) < 4.78 is 36.4. The predicted octanol–water partition coefficient (Wildman–Crippen LogP) is 3.99. The largest absolute Gasteiger partial charge is 0.454 e. The first-order valence-corrected chi connectivity index (χ1v) is 11.9. The summed E-state index contributed by atoms with van der Waals surface area (Å²) in [5, 5.41) is 6.05. The predicted molar refractivity (Wildman–Crippen MR) is 114 cm³/mol. The third-order valence-electron chi connectivity index (χ3n) is 5.01. The Morgan fingerprint density at radius 3 is 2.83 bits per heavy atom. The molecule has 3 heterocycles. The van der Waals surface area contributed by atoms with E-state index >= 15 is 0 Å². The second kappa shape index (κ2) is 6.64. The van der Waals surface area contributed by atoms with Crippen molar-refractivity contribution < 1.29 is 17.9 Å². The Bertz CT molecular complexity index is 1210. The number of sulfonamides is 1. The topological polar surface area (TPSA) is 80.8 Å². The highest BCUT2D eigenvalue weighted by Crippen LogP contribution is 2.38. The number of aromatic nitrogens is 1. The molecule has 7 nitrogen and oxygen atoms in total. The maximum absolute atomic E-state index is 12.1. The van der Waals surface area contributed by atoms with Gasteiger partial charge in [-0.3, -0.25) is 4.31 Å². The van der Waals surface area contributed by atoms with Crippen molar-refractivity contribution in [1.29, 1.82) is 0 Å². The zero-order valence-corrected chi connectivity index (χ0v) is 17.5. The van der Waals surface area contributed by atoms with E-state index < -0.39 is 10.0 Å². The van der Waals surface area contributed by atoms with Crippen LogP contribution in [0.5, 0.6) is 11.5 Å². The number of hydrogen-bond donors (Lipinski definition) is 1. The zero-order valence-electron chi connectivity index (χ0n) is 15.9. The van der Waals surface area contributed by atoms with Crippen LogP contribution in [0, 0.1) is 0 Å². The molecule has 0 radical (unpaired) electrons. The van der Waals surface area contributed by atoms with Crippen LogP contribution in [0.1, 0.15) is 12.5 Å². The molecular weight excluding hydrogens is 410 g/mol. The maximum atomic E-state index is 12.1. The van der Waals surface area contributed by atoms with E-state index in [2.05, 4.69) is 10.3 Å². The molecule has 0 amide bonds. The molecular formula is C20H19N3O4S2. The lowest BCUT2D eigenvalue weighted by molar-refractivity contribution is 0.174. The molecule has 9 heteroatoms. The molecule has 0 fully saturated rings. The Morgan fingerprint density at radius 1 is 1.17 bits per heavy atom. The molecule has 5 rings (SSSR count). The van der Waals surface area contributed by atoms with Gasteiger partial charge in [-0.15, -0.1) is 11.3 Å². The highest BCUT2D eigenvalue weighted by molar-refractivity contribution is 7.92. The molecule has 2 aromatic carbocycles. The molecule has 1 unspecified atom stereocenters. The minimum absolute atomic E-state index is 0.0751. The Morgan fingerprint density at radius 2 is 2.00 bits per heavy atom. The highest BCUT2D eigenvalue weighted by Gasteiger charge is 2.32. The van der Waals surface area contributed by atoms with Crippen LogP contribution in [-0.4, -0.2) is 32.5 Å². The second-order valence-corrected chi connectivity index (χ2v) is 9.90. The van der Waals surface area contributed by atoms with Crippen molar-refractivity contribution in [1.82, 2.24) is 4.98 Å². The van der Waals surface area contributed by atoms with Gasteiger partial charge in [-0.1, -0.05) is 6.07 Å². The minimum atomic E-state index is -3.29. The van der Waals surface area contributed by atoms with Gasteiger partial charge in [0.05, 0.1) is 17.6 Å². The molecule has 0 aliphatic carbocycles. The third kappa shape index (κ3) is 3.30. The molecule has 0 saturated heterocycles. The van der Waals surface area contributed by atoms with Crippen LogP contribution >= 0.6 is 11.3 Å². The van der Waals surface area contributed by atoms with E-state index in [1.165, 1.54) is 21.9 Å². The molecule has 150 valence electrons. The Balaban J connectivity index is 1.39. The quantitative estimate of drug-likeness (QED) is 0.675. The fourth-order valence-corrected chi connectivity index (χ4v) is 5.83. The van der Waals surface area contributed by atoms with Crippen molar-refractivity contribution in [2.45, 2.75) is 19.4 Å². The molecule has 1 N–H and O–H groups in total. The summed E-state index contributed by atoms with van der Waals surface area (Å²) in [6.07, 6.45) is 1.95. The van der Waals surface area contributed by atoms with Gasteiger partial charge in [-0.2, -0.15) is 0 Å². The van der Waals surface area contributed by atoms with Crippen molar-refractivity contribution in [3.8, 4) is 22.8 Å². The smallest absolute Gasteiger partial charge is 0.232 e. The van der Waals surface area contributed by atoms with E-state index in [9.17, 15) is 8.42 Å². The number of hydrogen-bond acceptors (Lipinski definition) is 7. The van der Waals surface area contributed by atoms with Crippen molar-refractivity contribution in [3.63, 3.8) is 0 Å². The highest BCUT2D eigenvalue weighted by atomic mass is 32.2. The number of rotatable bonds is 4. The van der Waals surface area contributed by atoms with Gasteiger partial charge in [-0.05, 0) is 43.2 Å². The van der Waals surface area contributed by atoms with Crippen molar-refractivity contribution >= 4 is 37.9 Å². The van der Waals surface area contributed by atoms with E-state index in [4.69, 9.17) is 9.47 Å². The number of benzene rings is 2. The van der Waals surface area contributed by atoms with Gasteiger partial charge in [0.1, 0.15) is 0 Å². The Hall–Kier alpha value is -2.78. The molecule has 3 aromatic rings. The standard InChI is InChI=1S/C20H19N3O4S2/c1-12-7-14-8-13(3-5-17(14)23(12)29(2,24)25)16-10-28-20(22-16)21-15-4-6-18-19(9-15)27-11-26-18/h3-6,8-10,12H,7,11H2,1-2H3,(H,21,22).